The number of urea groups is 1. The molecule has 0 bridgehead atoms. The summed E-state index contributed by atoms with van der Waals surface area (Å²) in [4.78, 5) is 22.4. The van der Waals surface area contributed by atoms with E-state index in [4.69, 9.17) is 11.5 Å². The minimum absolute atomic E-state index is 0.129. The van der Waals surface area contributed by atoms with Crippen LogP contribution in [0.3, 0.4) is 0 Å². The molecule has 0 aromatic heterocycles. The van der Waals surface area contributed by atoms with Crippen molar-refractivity contribution in [3.05, 3.63) is 0 Å². The predicted molar refractivity (Wildman–Crippen MR) is 65.1 cm³/mol. The van der Waals surface area contributed by atoms with Gasteiger partial charge >= 0.3 is 6.03 Å². The highest BCUT2D eigenvalue weighted by molar-refractivity contribution is 5.86. The van der Waals surface area contributed by atoms with Crippen LogP contribution in [0.25, 0.3) is 0 Å². The molecule has 3 amide bonds. The molecule has 1 aliphatic carbocycles. The Balaban J connectivity index is 2.33. The van der Waals surface area contributed by atoms with E-state index in [0.29, 0.717) is 19.0 Å². The fourth-order valence-electron chi connectivity index (χ4n) is 2.34. The third-order valence-corrected chi connectivity index (χ3v) is 3.19. The zero-order chi connectivity index (χ0) is 12.9. The van der Waals surface area contributed by atoms with Crippen molar-refractivity contribution in [3.63, 3.8) is 0 Å². The molecule has 98 valence electrons. The molecule has 6 heteroatoms. The maximum absolute atomic E-state index is 11.9. The Morgan fingerprint density at radius 2 is 2.00 bits per heavy atom. The molecule has 2 unspecified atom stereocenters. The van der Waals surface area contributed by atoms with Crippen molar-refractivity contribution in [2.45, 2.75) is 38.1 Å². The summed E-state index contributed by atoms with van der Waals surface area (Å²) in [5, 5.41) is 5.14. The monoisotopic (exact) mass is 242 g/mol. The number of carbonyl (C=O) groups is 2. The largest absolute Gasteiger partial charge is 0.353 e. The minimum atomic E-state index is -0.746. The summed E-state index contributed by atoms with van der Waals surface area (Å²) in [6.45, 7) is 2.80. The van der Waals surface area contributed by atoms with Crippen molar-refractivity contribution in [1.29, 1.82) is 0 Å². The van der Waals surface area contributed by atoms with E-state index >= 15 is 0 Å². The van der Waals surface area contributed by atoms with Gasteiger partial charge in [-0.1, -0.05) is 19.8 Å². The van der Waals surface area contributed by atoms with Gasteiger partial charge in [0.1, 0.15) is 0 Å². The van der Waals surface area contributed by atoms with Gasteiger partial charge in [0.25, 0.3) is 0 Å². The highest BCUT2D eigenvalue weighted by atomic mass is 16.2. The van der Waals surface area contributed by atoms with E-state index in [9.17, 15) is 9.59 Å². The van der Waals surface area contributed by atoms with Gasteiger partial charge in [-0.3, -0.25) is 4.79 Å². The summed E-state index contributed by atoms with van der Waals surface area (Å²) in [5.41, 5.74) is 10.3. The zero-order valence-electron chi connectivity index (χ0n) is 10.3. The normalized spacial score (nSPS) is 28.5. The molecular formula is C11H22N4O2. The van der Waals surface area contributed by atoms with Gasteiger partial charge in [0.15, 0.2) is 0 Å². The molecule has 1 aliphatic rings. The Labute approximate surface area is 101 Å². The van der Waals surface area contributed by atoms with Crippen LogP contribution in [0.5, 0.6) is 0 Å². The first kappa shape index (κ1) is 13.8. The number of hydrogen-bond donors (Lipinski definition) is 4. The van der Waals surface area contributed by atoms with Gasteiger partial charge in [-0.15, -0.1) is 0 Å². The SMILES string of the molecule is CC1CCCC(N)(C(=O)NCCNC(N)=O)C1. The molecule has 1 rings (SSSR count). The summed E-state index contributed by atoms with van der Waals surface area (Å²) < 4.78 is 0. The number of hydrogen-bond acceptors (Lipinski definition) is 3. The van der Waals surface area contributed by atoms with Gasteiger partial charge in [-0.05, 0) is 18.8 Å². The van der Waals surface area contributed by atoms with Crippen molar-refractivity contribution in [2.75, 3.05) is 13.1 Å². The second-order valence-corrected chi connectivity index (χ2v) is 4.90. The number of nitrogens with two attached hydrogens (primary N) is 2. The number of nitrogens with one attached hydrogen (secondary N) is 2. The van der Waals surface area contributed by atoms with Crippen LogP contribution in [0.15, 0.2) is 0 Å². The van der Waals surface area contributed by atoms with Gasteiger partial charge in [0, 0.05) is 13.1 Å². The molecule has 2 atom stereocenters. The van der Waals surface area contributed by atoms with Crippen LogP contribution in [0, 0.1) is 5.92 Å². The molecule has 0 aromatic rings. The van der Waals surface area contributed by atoms with Crippen molar-refractivity contribution in [3.8, 4) is 0 Å². The lowest BCUT2D eigenvalue weighted by molar-refractivity contribution is -0.128. The van der Waals surface area contributed by atoms with Crippen molar-refractivity contribution in [1.82, 2.24) is 10.6 Å². The Bertz CT molecular complexity index is 295. The fraction of sp³-hybridized carbons (Fsp3) is 0.818. The predicted octanol–water partition coefficient (Wildman–Crippen LogP) is -0.321. The van der Waals surface area contributed by atoms with Crippen LogP contribution >= 0.6 is 0 Å². The third kappa shape index (κ3) is 4.22. The van der Waals surface area contributed by atoms with Crippen molar-refractivity contribution >= 4 is 11.9 Å². The summed E-state index contributed by atoms with van der Waals surface area (Å²) in [6.07, 6.45) is 3.58. The van der Waals surface area contributed by atoms with Gasteiger partial charge in [-0.25, -0.2) is 4.79 Å². The van der Waals surface area contributed by atoms with Gasteiger partial charge in [0.05, 0.1) is 5.54 Å². The lowest BCUT2D eigenvalue weighted by Crippen LogP contribution is -2.57. The molecule has 17 heavy (non-hydrogen) atoms. The number of amides is 3. The smallest absolute Gasteiger partial charge is 0.312 e. The third-order valence-electron chi connectivity index (χ3n) is 3.19. The molecule has 0 heterocycles. The first-order chi connectivity index (χ1) is 7.94. The second kappa shape index (κ2) is 5.86. The zero-order valence-corrected chi connectivity index (χ0v) is 10.3. The van der Waals surface area contributed by atoms with Crippen LogP contribution < -0.4 is 22.1 Å². The number of primary amides is 1. The molecule has 0 radical (unpaired) electrons. The van der Waals surface area contributed by atoms with Crippen LogP contribution in [-0.2, 0) is 4.79 Å². The average Bonchev–Trinajstić information content (AvgIpc) is 2.23. The Hall–Kier alpha value is -1.30. The molecule has 0 saturated heterocycles. The summed E-state index contributed by atoms with van der Waals surface area (Å²) in [5.74, 6) is 0.360. The van der Waals surface area contributed by atoms with Gasteiger partial charge < -0.3 is 22.1 Å². The molecule has 6 nitrogen and oxygen atoms in total. The maximum atomic E-state index is 11.9. The Morgan fingerprint density at radius 1 is 1.35 bits per heavy atom. The molecule has 0 aromatic carbocycles. The molecular weight excluding hydrogens is 220 g/mol. The summed E-state index contributed by atoms with van der Waals surface area (Å²) in [7, 11) is 0. The quantitative estimate of drug-likeness (QED) is 0.507. The molecule has 0 spiro atoms. The van der Waals surface area contributed by atoms with Crippen LogP contribution in [-0.4, -0.2) is 30.6 Å². The average molecular weight is 242 g/mol. The number of carbonyl (C=O) groups excluding carboxylic acids is 2. The Morgan fingerprint density at radius 3 is 2.59 bits per heavy atom. The lowest BCUT2D eigenvalue weighted by Gasteiger charge is -2.35. The molecule has 1 fully saturated rings. The van der Waals surface area contributed by atoms with Crippen LogP contribution in [0.4, 0.5) is 4.79 Å². The van der Waals surface area contributed by atoms with E-state index in [1.807, 2.05) is 0 Å². The van der Waals surface area contributed by atoms with E-state index in [1.165, 1.54) is 0 Å². The maximum Gasteiger partial charge on any atom is 0.312 e. The van der Waals surface area contributed by atoms with E-state index in [-0.39, 0.29) is 5.91 Å². The van der Waals surface area contributed by atoms with E-state index in [2.05, 4.69) is 17.6 Å². The number of rotatable bonds is 4. The summed E-state index contributed by atoms with van der Waals surface area (Å²) >= 11 is 0. The first-order valence-corrected chi connectivity index (χ1v) is 6.04. The summed E-state index contributed by atoms with van der Waals surface area (Å²) in [6, 6.07) is -0.590. The minimum Gasteiger partial charge on any atom is -0.353 e. The molecule has 0 aliphatic heterocycles. The van der Waals surface area contributed by atoms with E-state index in [0.717, 1.165) is 25.7 Å². The van der Waals surface area contributed by atoms with Crippen molar-refractivity contribution in [2.24, 2.45) is 17.4 Å². The highest BCUT2D eigenvalue weighted by Gasteiger charge is 2.37. The van der Waals surface area contributed by atoms with Crippen LogP contribution in [0.2, 0.25) is 0 Å². The van der Waals surface area contributed by atoms with Gasteiger partial charge in [0.2, 0.25) is 5.91 Å². The standard InChI is InChI=1S/C11H22N4O2/c1-8-3-2-4-11(13,7-8)9(16)14-5-6-15-10(12)17/h8H,2-7,13H2,1H3,(H,14,16)(H3,12,15,17). The van der Waals surface area contributed by atoms with Gasteiger partial charge in [-0.2, -0.15) is 0 Å². The second-order valence-electron chi connectivity index (χ2n) is 4.90. The topological polar surface area (TPSA) is 110 Å². The van der Waals surface area contributed by atoms with E-state index in [1.54, 1.807) is 0 Å². The van der Waals surface area contributed by atoms with Crippen LogP contribution in [0.1, 0.15) is 32.6 Å². The first-order valence-electron chi connectivity index (χ1n) is 6.04. The van der Waals surface area contributed by atoms with Crippen molar-refractivity contribution < 1.29 is 9.59 Å². The lowest BCUT2D eigenvalue weighted by atomic mass is 9.76. The van der Waals surface area contributed by atoms with E-state index < -0.39 is 11.6 Å². The Kier molecular flexibility index (Phi) is 4.74. The fourth-order valence-corrected chi connectivity index (χ4v) is 2.34. The molecule has 1 saturated carbocycles. The molecule has 6 N–H and O–H groups in total. The highest BCUT2D eigenvalue weighted by Crippen LogP contribution is 2.30.